The smallest absolute Gasteiger partial charge is 0.382 e. The highest BCUT2D eigenvalue weighted by molar-refractivity contribution is 7.48. The van der Waals surface area contributed by atoms with Crippen molar-refractivity contribution in [2.45, 2.75) is 50.9 Å². The summed E-state index contributed by atoms with van der Waals surface area (Å²) in [7, 11) is -3.85. The summed E-state index contributed by atoms with van der Waals surface area (Å²) in [6.07, 6.45) is -1.94. The summed E-state index contributed by atoms with van der Waals surface area (Å²) in [5.41, 5.74) is 4.84. The number of phosphoric ester groups is 1. The molecule has 2 fully saturated rings. The van der Waals surface area contributed by atoms with Gasteiger partial charge in [0.15, 0.2) is 11.5 Å². The third-order valence-electron chi connectivity index (χ3n) is 4.48. The molecular formula is C15H20FN4O5P. The first-order valence-corrected chi connectivity index (χ1v) is 9.71. The molecule has 2 saturated heterocycles. The van der Waals surface area contributed by atoms with E-state index in [-0.39, 0.29) is 12.4 Å². The van der Waals surface area contributed by atoms with Crippen LogP contribution in [-0.2, 0) is 22.9 Å². The molecule has 4 rings (SSSR count). The predicted molar refractivity (Wildman–Crippen MR) is 89.2 cm³/mol. The molecule has 0 bridgehead atoms. The normalized spacial score (nSPS) is 37.3. The van der Waals surface area contributed by atoms with Gasteiger partial charge in [0.1, 0.15) is 30.2 Å². The van der Waals surface area contributed by atoms with Crippen LogP contribution >= 0.6 is 7.82 Å². The first kappa shape index (κ1) is 17.8. The second kappa shape index (κ2) is 5.97. The Kier molecular flexibility index (Phi) is 4.09. The van der Waals surface area contributed by atoms with Gasteiger partial charge < -0.3 is 10.5 Å². The monoisotopic (exact) mass is 386 g/mol. The van der Waals surface area contributed by atoms with Crippen LogP contribution in [0.1, 0.15) is 32.6 Å². The fraction of sp³-hybridized carbons (Fsp3) is 0.600. The standard InChI is InChI=1S/C15H20FN4O5P/c1-8(2)24-26(21)22-6-11-13(25-26)15(3,16)12(23-11)9-4-5-10-14(17)18-7-19-20(9)10/h4-5,7-8,11-13H,6H2,1-3H3,(H2,17,18,19)/t11-,12?,13-,15+,26?/m1/s1. The zero-order chi connectivity index (χ0) is 18.7. The van der Waals surface area contributed by atoms with E-state index in [9.17, 15) is 4.57 Å². The first-order chi connectivity index (χ1) is 12.2. The summed E-state index contributed by atoms with van der Waals surface area (Å²) < 4.78 is 51.5. The Morgan fingerprint density at radius 2 is 2.27 bits per heavy atom. The largest absolute Gasteiger partial charge is 0.475 e. The molecule has 5 atom stereocenters. The van der Waals surface area contributed by atoms with E-state index in [1.165, 1.54) is 17.8 Å². The van der Waals surface area contributed by atoms with Gasteiger partial charge in [-0.3, -0.25) is 13.6 Å². The summed E-state index contributed by atoms with van der Waals surface area (Å²) in [6.45, 7) is 4.64. The maximum atomic E-state index is 15.7. The van der Waals surface area contributed by atoms with Gasteiger partial charge in [0.25, 0.3) is 0 Å². The number of alkyl halides is 1. The van der Waals surface area contributed by atoms with Gasteiger partial charge in [-0.2, -0.15) is 5.10 Å². The number of nitrogens with two attached hydrogens (primary N) is 1. The molecule has 0 aliphatic carbocycles. The number of hydrogen-bond donors (Lipinski definition) is 1. The van der Waals surface area contributed by atoms with E-state index in [0.717, 1.165) is 0 Å². The van der Waals surface area contributed by atoms with Crippen molar-refractivity contribution in [3.05, 3.63) is 24.2 Å². The van der Waals surface area contributed by atoms with Crippen LogP contribution in [0.25, 0.3) is 5.52 Å². The Hall–Kier alpha value is -1.58. The van der Waals surface area contributed by atoms with E-state index in [1.54, 1.807) is 26.0 Å². The number of rotatable bonds is 3. The molecule has 2 aliphatic heterocycles. The minimum Gasteiger partial charge on any atom is -0.382 e. The van der Waals surface area contributed by atoms with Crippen molar-refractivity contribution in [3.8, 4) is 0 Å². The quantitative estimate of drug-likeness (QED) is 0.801. The third kappa shape index (κ3) is 2.73. The lowest BCUT2D eigenvalue weighted by Gasteiger charge is -2.34. The lowest BCUT2D eigenvalue weighted by Crippen LogP contribution is -2.44. The maximum absolute atomic E-state index is 15.7. The molecule has 9 nitrogen and oxygen atoms in total. The Morgan fingerprint density at radius 3 is 3.00 bits per heavy atom. The summed E-state index contributed by atoms with van der Waals surface area (Å²) in [6, 6.07) is 3.36. The van der Waals surface area contributed by atoms with Crippen molar-refractivity contribution in [1.29, 1.82) is 0 Å². The number of nitrogen functional groups attached to an aromatic ring is 1. The van der Waals surface area contributed by atoms with E-state index in [2.05, 4.69) is 10.1 Å². The van der Waals surface area contributed by atoms with Gasteiger partial charge in [-0.15, -0.1) is 0 Å². The number of phosphoric acid groups is 1. The molecule has 2 unspecified atom stereocenters. The first-order valence-electron chi connectivity index (χ1n) is 8.25. The molecule has 26 heavy (non-hydrogen) atoms. The lowest BCUT2D eigenvalue weighted by atomic mass is 9.93. The molecule has 2 aromatic heterocycles. The van der Waals surface area contributed by atoms with Crippen LogP contribution < -0.4 is 5.73 Å². The highest BCUT2D eigenvalue weighted by Gasteiger charge is 2.61. The average molecular weight is 386 g/mol. The van der Waals surface area contributed by atoms with E-state index < -0.39 is 37.9 Å². The van der Waals surface area contributed by atoms with E-state index in [1.807, 2.05) is 0 Å². The number of aromatic nitrogens is 3. The molecule has 0 amide bonds. The summed E-state index contributed by atoms with van der Waals surface area (Å²) in [5.74, 6) is 0.275. The molecule has 2 N–H and O–H groups in total. The molecule has 0 aromatic carbocycles. The molecule has 4 heterocycles. The number of halogens is 1. The molecule has 0 spiro atoms. The summed E-state index contributed by atoms with van der Waals surface area (Å²) in [5, 5.41) is 4.12. The number of hydrogen-bond acceptors (Lipinski definition) is 8. The Labute approximate surface area is 149 Å². The Bertz CT molecular complexity index is 888. The van der Waals surface area contributed by atoms with Crippen LogP contribution in [0, 0.1) is 0 Å². The van der Waals surface area contributed by atoms with Gasteiger partial charge >= 0.3 is 7.82 Å². The highest BCUT2D eigenvalue weighted by atomic mass is 31.2. The van der Waals surface area contributed by atoms with Crippen LogP contribution in [0.4, 0.5) is 10.2 Å². The van der Waals surface area contributed by atoms with Crippen molar-refractivity contribution in [2.75, 3.05) is 12.3 Å². The fourth-order valence-corrected chi connectivity index (χ4v) is 5.01. The predicted octanol–water partition coefficient (Wildman–Crippen LogP) is 2.43. The van der Waals surface area contributed by atoms with Crippen LogP contribution in [0.2, 0.25) is 0 Å². The Morgan fingerprint density at radius 1 is 1.50 bits per heavy atom. The lowest BCUT2D eigenvalue weighted by molar-refractivity contribution is -0.0665. The molecular weight excluding hydrogens is 366 g/mol. The zero-order valence-corrected chi connectivity index (χ0v) is 15.4. The van der Waals surface area contributed by atoms with Crippen LogP contribution in [0.3, 0.4) is 0 Å². The van der Waals surface area contributed by atoms with Gasteiger partial charge in [0, 0.05) is 0 Å². The van der Waals surface area contributed by atoms with E-state index in [0.29, 0.717) is 11.2 Å². The van der Waals surface area contributed by atoms with Crippen LogP contribution in [0.5, 0.6) is 0 Å². The van der Waals surface area contributed by atoms with Crippen molar-refractivity contribution >= 4 is 19.2 Å². The van der Waals surface area contributed by atoms with Crippen molar-refractivity contribution in [3.63, 3.8) is 0 Å². The highest BCUT2D eigenvalue weighted by Crippen LogP contribution is 2.60. The fourth-order valence-electron chi connectivity index (χ4n) is 3.37. The summed E-state index contributed by atoms with van der Waals surface area (Å²) in [4.78, 5) is 3.92. The van der Waals surface area contributed by atoms with Gasteiger partial charge in [-0.1, -0.05) is 0 Å². The van der Waals surface area contributed by atoms with Crippen molar-refractivity contribution in [1.82, 2.24) is 14.6 Å². The number of fused-ring (bicyclic) bond motifs is 2. The minimum absolute atomic E-state index is 0.0922. The second-order valence-corrected chi connectivity index (χ2v) is 8.40. The number of ether oxygens (including phenoxy) is 1. The number of anilines is 1. The van der Waals surface area contributed by atoms with Crippen molar-refractivity contribution in [2.24, 2.45) is 0 Å². The molecule has 0 radical (unpaired) electrons. The maximum Gasteiger partial charge on any atom is 0.475 e. The molecule has 11 heteroatoms. The van der Waals surface area contributed by atoms with Gasteiger partial charge in [-0.25, -0.2) is 18.5 Å². The molecule has 0 saturated carbocycles. The van der Waals surface area contributed by atoms with E-state index in [4.69, 9.17) is 24.0 Å². The third-order valence-corrected chi connectivity index (χ3v) is 6.11. The van der Waals surface area contributed by atoms with Crippen LogP contribution in [0.15, 0.2) is 18.5 Å². The average Bonchev–Trinajstić information content (AvgIpc) is 3.07. The molecule has 2 aliphatic rings. The summed E-state index contributed by atoms with van der Waals surface area (Å²) >= 11 is 0. The minimum atomic E-state index is -3.85. The molecule has 142 valence electrons. The van der Waals surface area contributed by atoms with Crippen molar-refractivity contribution < 1.29 is 27.3 Å². The van der Waals surface area contributed by atoms with E-state index >= 15 is 4.39 Å². The molecule has 2 aromatic rings. The van der Waals surface area contributed by atoms with Gasteiger partial charge in [0.2, 0.25) is 0 Å². The zero-order valence-electron chi connectivity index (χ0n) is 14.5. The Balaban J connectivity index is 1.68. The SMILES string of the molecule is CC(C)OP1(=O)OC[C@H]2OC(c3ccc4c(N)ncnn34)[C@](C)(F)[C@@H]2O1. The van der Waals surface area contributed by atoms with Gasteiger partial charge in [-0.05, 0) is 32.9 Å². The van der Waals surface area contributed by atoms with Crippen LogP contribution in [-0.4, -0.2) is 45.2 Å². The number of nitrogens with zero attached hydrogens (tertiary/aromatic N) is 3. The second-order valence-electron chi connectivity index (χ2n) is 6.83. The topological polar surface area (TPSA) is 110 Å². The van der Waals surface area contributed by atoms with Gasteiger partial charge in [0.05, 0.1) is 18.4 Å².